The van der Waals surface area contributed by atoms with Gasteiger partial charge < -0.3 is 5.32 Å². The molecule has 1 aromatic heterocycles. The quantitative estimate of drug-likeness (QED) is 0.728. The second kappa shape index (κ2) is 6.57. The van der Waals surface area contributed by atoms with Crippen molar-refractivity contribution >= 4 is 35.1 Å². The van der Waals surface area contributed by atoms with Gasteiger partial charge in [0.1, 0.15) is 0 Å². The highest BCUT2D eigenvalue weighted by Gasteiger charge is 2.21. The number of anilines is 2. The Hall–Kier alpha value is -3.25. The standard InChI is InChI=1S/C19H13ClN4O2/c20-13-7-5-11(6-8-13)18(26)24-19-21-10-12-9-16(25)22-15-4-2-1-3-14(15)17(12)23-19/h1-8,10H,9H2,(H,22,25)(H,21,23,24,26). The van der Waals surface area contributed by atoms with Crippen molar-refractivity contribution in [1.82, 2.24) is 9.97 Å². The molecule has 1 aliphatic rings. The SMILES string of the molecule is O=C1Cc2cnc(NC(=O)c3ccc(Cl)cc3)nc2-c2ccccc2N1. The van der Waals surface area contributed by atoms with E-state index in [4.69, 9.17) is 11.6 Å². The van der Waals surface area contributed by atoms with E-state index in [1.165, 1.54) is 0 Å². The molecule has 26 heavy (non-hydrogen) atoms. The fraction of sp³-hybridized carbons (Fsp3) is 0.0526. The van der Waals surface area contributed by atoms with Crippen LogP contribution in [0.1, 0.15) is 15.9 Å². The molecule has 0 aliphatic carbocycles. The van der Waals surface area contributed by atoms with E-state index >= 15 is 0 Å². The van der Waals surface area contributed by atoms with Crippen LogP contribution in [0.3, 0.4) is 0 Å². The maximum Gasteiger partial charge on any atom is 0.258 e. The van der Waals surface area contributed by atoms with Crippen molar-refractivity contribution in [2.75, 3.05) is 10.6 Å². The van der Waals surface area contributed by atoms with Crippen molar-refractivity contribution in [3.8, 4) is 11.3 Å². The number of fused-ring (bicyclic) bond motifs is 3. The van der Waals surface area contributed by atoms with Crippen molar-refractivity contribution in [2.45, 2.75) is 6.42 Å². The maximum atomic E-state index is 12.4. The van der Waals surface area contributed by atoms with Gasteiger partial charge in [0.25, 0.3) is 5.91 Å². The molecule has 0 saturated heterocycles. The number of nitrogens with zero attached hydrogens (tertiary/aromatic N) is 2. The first kappa shape index (κ1) is 16.2. The van der Waals surface area contributed by atoms with Gasteiger partial charge in [-0.05, 0) is 30.3 Å². The van der Waals surface area contributed by atoms with Crippen LogP contribution in [0.2, 0.25) is 5.02 Å². The minimum absolute atomic E-state index is 0.127. The minimum Gasteiger partial charge on any atom is -0.325 e. The summed E-state index contributed by atoms with van der Waals surface area (Å²) in [5.74, 6) is -0.289. The lowest BCUT2D eigenvalue weighted by atomic mass is 10.1. The van der Waals surface area contributed by atoms with Crippen molar-refractivity contribution < 1.29 is 9.59 Å². The lowest BCUT2D eigenvalue weighted by Crippen LogP contribution is -2.15. The second-order valence-electron chi connectivity index (χ2n) is 5.80. The van der Waals surface area contributed by atoms with E-state index in [9.17, 15) is 9.59 Å². The zero-order valence-corrected chi connectivity index (χ0v) is 14.2. The molecule has 0 fully saturated rings. The molecule has 2 heterocycles. The first-order valence-electron chi connectivity index (χ1n) is 7.92. The largest absolute Gasteiger partial charge is 0.325 e. The van der Waals surface area contributed by atoms with Crippen molar-refractivity contribution in [1.29, 1.82) is 0 Å². The molecule has 2 aromatic carbocycles. The van der Waals surface area contributed by atoms with E-state index in [0.717, 1.165) is 5.56 Å². The molecule has 2 amide bonds. The molecule has 7 heteroatoms. The molecular weight excluding hydrogens is 352 g/mol. The normalized spacial score (nSPS) is 12.4. The van der Waals surface area contributed by atoms with Gasteiger partial charge in [0.15, 0.2) is 0 Å². The van der Waals surface area contributed by atoms with Crippen LogP contribution in [0.25, 0.3) is 11.3 Å². The lowest BCUT2D eigenvalue weighted by Gasteiger charge is -2.10. The Balaban J connectivity index is 1.69. The van der Waals surface area contributed by atoms with Crippen LogP contribution >= 0.6 is 11.6 Å². The smallest absolute Gasteiger partial charge is 0.258 e. The van der Waals surface area contributed by atoms with Gasteiger partial charge in [-0.25, -0.2) is 9.97 Å². The number of halogens is 1. The molecule has 3 aromatic rings. The number of hydrogen-bond acceptors (Lipinski definition) is 4. The Morgan fingerprint density at radius 2 is 1.88 bits per heavy atom. The van der Waals surface area contributed by atoms with Crippen LogP contribution in [-0.4, -0.2) is 21.8 Å². The summed E-state index contributed by atoms with van der Waals surface area (Å²) < 4.78 is 0. The first-order chi connectivity index (χ1) is 12.6. The van der Waals surface area contributed by atoms with Crippen molar-refractivity contribution in [3.05, 3.63) is 70.9 Å². The summed E-state index contributed by atoms with van der Waals surface area (Å²) in [5.41, 5.74) is 3.25. The average Bonchev–Trinajstić information content (AvgIpc) is 2.77. The molecule has 0 saturated carbocycles. The monoisotopic (exact) mass is 364 g/mol. The topological polar surface area (TPSA) is 84.0 Å². The summed E-state index contributed by atoms with van der Waals surface area (Å²) in [4.78, 5) is 33.0. The van der Waals surface area contributed by atoms with Gasteiger partial charge in [0.2, 0.25) is 11.9 Å². The molecule has 6 nitrogen and oxygen atoms in total. The van der Waals surface area contributed by atoms with Crippen LogP contribution in [0.5, 0.6) is 0 Å². The van der Waals surface area contributed by atoms with Gasteiger partial charge >= 0.3 is 0 Å². The number of amides is 2. The van der Waals surface area contributed by atoms with Crippen molar-refractivity contribution in [2.24, 2.45) is 0 Å². The molecule has 0 atom stereocenters. The summed E-state index contributed by atoms with van der Waals surface area (Å²) in [5, 5.41) is 6.09. The predicted molar refractivity (Wildman–Crippen MR) is 99.2 cm³/mol. The van der Waals surface area contributed by atoms with Crippen LogP contribution in [0.4, 0.5) is 11.6 Å². The summed E-state index contributed by atoms with van der Waals surface area (Å²) >= 11 is 5.84. The van der Waals surface area contributed by atoms with E-state index in [0.29, 0.717) is 27.5 Å². The average molecular weight is 365 g/mol. The molecule has 0 bridgehead atoms. The fourth-order valence-corrected chi connectivity index (χ4v) is 2.90. The molecule has 0 radical (unpaired) electrons. The Morgan fingerprint density at radius 1 is 1.12 bits per heavy atom. The fourth-order valence-electron chi connectivity index (χ4n) is 2.77. The number of hydrogen-bond donors (Lipinski definition) is 2. The predicted octanol–water partition coefficient (Wildman–Crippen LogP) is 3.54. The third kappa shape index (κ3) is 3.14. The van der Waals surface area contributed by atoms with Gasteiger partial charge in [-0.1, -0.05) is 29.8 Å². The van der Waals surface area contributed by atoms with Crippen molar-refractivity contribution in [3.63, 3.8) is 0 Å². The second-order valence-corrected chi connectivity index (χ2v) is 6.24. The van der Waals surface area contributed by atoms with Gasteiger partial charge in [-0.2, -0.15) is 0 Å². The summed E-state index contributed by atoms with van der Waals surface area (Å²) in [6.45, 7) is 0. The third-order valence-corrected chi connectivity index (χ3v) is 4.26. The van der Waals surface area contributed by atoms with E-state index < -0.39 is 0 Å². The van der Waals surface area contributed by atoms with Gasteiger partial charge in [0, 0.05) is 27.9 Å². The molecule has 2 N–H and O–H groups in total. The molecule has 128 valence electrons. The highest BCUT2D eigenvalue weighted by molar-refractivity contribution is 6.30. The zero-order valence-electron chi connectivity index (χ0n) is 13.5. The first-order valence-corrected chi connectivity index (χ1v) is 8.30. The number of aromatic nitrogens is 2. The molecule has 1 aliphatic heterocycles. The lowest BCUT2D eigenvalue weighted by molar-refractivity contribution is -0.115. The van der Waals surface area contributed by atoms with E-state index in [2.05, 4.69) is 20.6 Å². The Bertz CT molecular complexity index is 1020. The summed E-state index contributed by atoms with van der Waals surface area (Å²) in [6, 6.07) is 13.9. The van der Waals surface area contributed by atoms with E-state index in [1.54, 1.807) is 30.5 Å². The third-order valence-electron chi connectivity index (χ3n) is 4.00. The highest BCUT2D eigenvalue weighted by atomic mass is 35.5. The molecular formula is C19H13ClN4O2. The van der Waals surface area contributed by atoms with Crippen LogP contribution in [0, 0.1) is 0 Å². The number of carbonyl (C=O) groups is 2. The van der Waals surface area contributed by atoms with Gasteiger partial charge in [0.05, 0.1) is 17.8 Å². The summed E-state index contributed by atoms with van der Waals surface area (Å²) in [7, 11) is 0. The number of para-hydroxylation sites is 1. The Labute approximate surface area is 154 Å². The van der Waals surface area contributed by atoms with E-state index in [1.807, 2.05) is 24.3 Å². The number of carbonyl (C=O) groups excluding carboxylic acids is 2. The van der Waals surface area contributed by atoms with Crippen LogP contribution in [0.15, 0.2) is 54.7 Å². The van der Waals surface area contributed by atoms with Crippen LogP contribution < -0.4 is 10.6 Å². The van der Waals surface area contributed by atoms with E-state index in [-0.39, 0.29) is 24.2 Å². The summed E-state index contributed by atoms with van der Waals surface area (Å²) in [6.07, 6.45) is 1.75. The van der Waals surface area contributed by atoms with Crippen LogP contribution in [-0.2, 0) is 11.2 Å². The minimum atomic E-state index is -0.335. The molecule has 4 rings (SSSR count). The van der Waals surface area contributed by atoms with Gasteiger partial charge in [-0.3, -0.25) is 14.9 Å². The highest BCUT2D eigenvalue weighted by Crippen LogP contribution is 2.32. The molecule has 0 spiro atoms. The number of nitrogens with one attached hydrogen (secondary N) is 2. The van der Waals surface area contributed by atoms with Gasteiger partial charge in [-0.15, -0.1) is 0 Å². The Kier molecular flexibility index (Phi) is 4.10. The maximum absolute atomic E-state index is 12.4. The number of rotatable bonds is 2. The number of benzene rings is 2. The molecule has 0 unspecified atom stereocenters. The zero-order chi connectivity index (χ0) is 18.1. The Morgan fingerprint density at radius 3 is 2.69 bits per heavy atom.